The van der Waals surface area contributed by atoms with Crippen LogP contribution in [0.1, 0.15) is 48.5 Å². The lowest BCUT2D eigenvalue weighted by Crippen LogP contribution is -1.98. The Labute approximate surface area is 154 Å². The summed E-state index contributed by atoms with van der Waals surface area (Å²) in [6.07, 6.45) is 8.40. The molecule has 136 valence electrons. The number of carbonyl (C=O) groups is 2. The molecule has 0 atom stereocenters. The van der Waals surface area contributed by atoms with Gasteiger partial charge in [-0.05, 0) is 53.5 Å². The molecule has 0 aromatic heterocycles. The quantitative estimate of drug-likeness (QED) is 0.361. The van der Waals surface area contributed by atoms with E-state index in [0.717, 1.165) is 28.9 Å². The number of ether oxygens (including phenoxy) is 1. The first-order chi connectivity index (χ1) is 12.7. The SMILES string of the molecule is CCCCCCOc1ccc(-c2cc(C(=O)O)ccc2C=CC=O)cc1. The number of aromatic carboxylic acids is 1. The van der Waals surface area contributed by atoms with Crippen molar-refractivity contribution in [3.63, 3.8) is 0 Å². The van der Waals surface area contributed by atoms with Crippen molar-refractivity contribution in [3.8, 4) is 16.9 Å². The maximum absolute atomic E-state index is 11.3. The van der Waals surface area contributed by atoms with E-state index in [1.54, 1.807) is 18.2 Å². The Morgan fingerprint density at radius 2 is 1.85 bits per heavy atom. The van der Waals surface area contributed by atoms with Crippen molar-refractivity contribution < 1.29 is 19.4 Å². The Balaban J connectivity index is 2.18. The van der Waals surface area contributed by atoms with Gasteiger partial charge in [0.2, 0.25) is 0 Å². The fourth-order valence-corrected chi connectivity index (χ4v) is 2.68. The van der Waals surface area contributed by atoms with Gasteiger partial charge in [0.25, 0.3) is 0 Å². The number of benzene rings is 2. The van der Waals surface area contributed by atoms with Gasteiger partial charge in [0.15, 0.2) is 0 Å². The minimum absolute atomic E-state index is 0.208. The van der Waals surface area contributed by atoms with Crippen LogP contribution in [0.4, 0.5) is 0 Å². The van der Waals surface area contributed by atoms with E-state index in [1.165, 1.54) is 31.4 Å². The van der Waals surface area contributed by atoms with Gasteiger partial charge in [0.05, 0.1) is 12.2 Å². The highest BCUT2D eigenvalue weighted by Gasteiger charge is 2.09. The van der Waals surface area contributed by atoms with Crippen molar-refractivity contribution >= 4 is 18.3 Å². The average molecular weight is 352 g/mol. The number of aldehydes is 1. The van der Waals surface area contributed by atoms with Crippen LogP contribution in [0.3, 0.4) is 0 Å². The first-order valence-electron chi connectivity index (χ1n) is 8.88. The third-order valence-electron chi connectivity index (χ3n) is 4.09. The summed E-state index contributed by atoms with van der Waals surface area (Å²) >= 11 is 0. The van der Waals surface area contributed by atoms with Crippen molar-refractivity contribution in [2.45, 2.75) is 32.6 Å². The van der Waals surface area contributed by atoms with E-state index in [1.807, 2.05) is 24.3 Å². The molecule has 1 N–H and O–H groups in total. The summed E-state index contributed by atoms with van der Waals surface area (Å²) in [5.41, 5.74) is 2.63. The summed E-state index contributed by atoms with van der Waals surface area (Å²) in [4.78, 5) is 21.9. The third-order valence-corrected chi connectivity index (χ3v) is 4.09. The van der Waals surface area contributed by atoms with E-state index >= 15 is 0 Å². The van der Waals surface area contributed by atoms with Gasteiger partial charge in [-0.25, -0.2) is 4.79 Å². The van der Waals surface area contributed by atoms with Gasteiger partial charge in [0.1, 0.15) is 12.0 Å². The van der Waals surface area contributed by atoms with E-state index < -0.39 is 5.97 Å². The zero-order chi connectivity index (χ0) is 18.8. The highest BCUT2D eigenvalue weighted by atomic mass is 16.5. The summed E-state index contributed by atoms with van der Waals surface area (Å²) < 4.78 is 5.75. The van der Waals surface area contributed by atoms with Gasteiger partial charge >= 0.3 is 5.97 Å². The van der Waals surface area contributed by atoms with E-state index in [9.17, 15) is 14.7 Å². The molecule has 0 saturated carbocycles. The number of carboxylic acid groups (broad SMARTS) is 1. The lowest BCUT2D eigenvalue weighted by atomic mass is 9.97. The van der Waals surface area contributed by atoms with E-state index in [0.29, 0.717) is 12.9 Å². The predicted molar refractivity (Wildman–Crippen MR) is 104 cm³/mol. The van der Waals surface area contributed by atoms with Crippen LogP contribution in [0.2, 0.25) is 0 Å². The first kappa shape index (κ1) is 19.4. The molecule has 4 heteroatoms. The fraction of sp³-hybridized carbons (Fsp3) is 0.273. The minimum Gasteiger partial charge on any atom is -0.494 e. The Morgan fingerprint density at radius 3 is 2.50 bits per heavy atom. The molecule has 0 aliphatic heterocycles. The number of allylic oxidation sites excluding steroid dienone is 1. The molecule has 0 radical (unpaired) electrons. The van der Waals surface area contributed by atoms with Crippen molar-refractivity contribution in [2.24, 2.45) is 0 Å². The zero-order valence-corrected chi connectivity index (χ0v) is 15.0. The molecule has 0 aliphatic carbocycles. The van der Waals surface area contributed by atoms with Crippen LogP contribution in [-0.4, -0.2) is 24.0 Å². The maximum Gasteiger partial charge on any atom is 0.335 e. The molecule has 0 unspecified atom stereocenters. The largest absolute Gasteiger partial charge is 0.494 e. The molecule has 4 nitrogen and oxygen atoms in total. The lowest BCUT2D eigenvalue weighted by Gasteiger charge is -2.10. The van der Waals surface area contributed by atoms with Crippen LogP contribution in [0.5, 0.6) is 5.75 Å². The normalized spacial score (nSPS) is 10.8. The Hall–Kier alpha value is -2.88. The number of hydrogen-bond donors (Lipinski definition) is 1. The van der Waals surface area contributed by atoms with Crippen molar-refractivity contribution in [1.29, 1.82) is 0 Å². The Morgan fingerprint density at radius 1 is 1.08 bits per heavy atom. The zero-order valence-electron chi connectivity index (χ0n) is 15.0. The average Bonchev–Trinajstić information content (AvgIpc) is 2.66. The minimum atomic E-state index is -0.982. The van der Waals surface area contributed by atoms with Crippen LogP contribution >= 0.6 is 0 Å². The number of rotatable bonds is 10. The second-order valence-electron chi connectivity index (χ2n) is 6.04. The first-order valence-corrected chi connectivity index (χ1v) is 8.88. The summed E-state index contributed by atoms with van der Waals surface area (Å²) in [6.45, 7) is 2.87. The molecule has 26 heavy (non-hydrogen) atoms. The van der Waals surface area contributed by atoms with E-state index in [2.05, 4.69) is 6.92 Å². The van der Waals surface area contributed by atoms with Crippen LogP contribution in [-0.2, 0) is 4.79 Å². The summed E-state index contributed by atoms with van der Waals surface area (Å²) in [7, 11) is 0. The number of carbonyl (C=O) groups excluding carboxylic acids is 1. The van der Waals surface area contributed by atoms with Crippen LogP contribution in [0.15, 0.2) is 48.5 Å². The monoisotopic (exact) mass is 352 g/mol. The van der Waals surface area contributed by atoms with Crippen LogP contribution in [0, 0.1) is 0 Å². The molecule has 0 heterocycles. The highest BCUT2D eigenvalue weighted by molar-refractivity contribution is 5.91. The van der Waals surface area contributed by atoms with Gasteiger partial charge in [-0.3, -0.25) is 4.79 Å². The molecular formula is C22H24O4. The van der Waals surface area contributed by atoms with Crippen LogP contribution < -0.4 is 4.74 Å². The molecule has 2 aromatic carbocycles. The standard InChI is InChI=1S/C22H24O4/c1-2-3-4-5-15-26-20-12-10-18(11-13-20)21-16-19(22(24)25)9-8-17(21)7-6-14-23/h6-14,16H,2-5,15H2,1H3,(H,24,25). The molecule has 0 saturated heterocycles. The van der Waals surface area contributed by atoms with Crippen molar-refractivity contribution in [2.75, 3.05) is 6.61 Å². The highest BCUT2D eigenvalue weighted by Crippen LogP contribution is 2.28. The topological polar surface area (TPSA) is 63.6 Å². The molecule has 0 spiro atoms. The summed E-state index contributed by atoms with van der Waals surface area (Å²) in [5.74, 6) is -0.186. The van der Waals surface area contributed by atoms with E-state index in [-0.39, 0.29) is 5.56 Å². The summed E-state index contributed by atoms with van der Waals surface area (Å²) in [5, 5.41) is 9.23. The Kier molecular flexibility index (Phi) is 7.62. The molecule has 0 bridgehead atoms. The van der Waals surface area contributed by atoms with Gasteiger partial charge in [-0.1, -0.05) is 50.5 Å². The molecule has 2 aromatic rings. The summed E-state index contributed by atoms with van der Waals surface area (Å²) in [6, 6.07) is 12.4. The molecule has 2 rings (SSSR count). The van der Waals surface area contributed by atoms with Gasteiger partial charge in [0, 0.05) is 0 Å². The second kappa shape index (κ2) is 10.2. The molecule has 0 amide bonds. The van der Waals surface area contributed by atoms with Crippen molar-refractivity contribution in [3.05, 3.63) is 59.7 Å². The maximum atomic E-state index is 11.3. The number of unbranched alkanes of at least 4 members (excludes halogenated alkanes) is 3. The van der Waals surface area contributed by atoms with E-state index in [4.69, 9.17) is 4.74 Å². The number of carboxylic acids is 1. The molecule has 0 aliphatic rings. The molecular weight excluding hydrogens is 328 g/mol. The van der Waals surface area contributed by atoms with Gasteiger partial charge in [-0.2, -0.15) is 0 Å². The third kappa shape index (κ3) is 5.59. The predicted octanol–water partition coefficient (Wildman–Crippen LogP) is 5.22. The van der Waals surface area contributed by atoms with Crippen LogP contribution in [0.25, 0.3) is 17.2 Å². The number of hydrogen-bond acceptors (Lipinski definition) is 3. The van der Waals surface area contributed by atoms with Gasteiger partial charge < -0.3 is 9.84 Å². The molecule has 0 fully saturated rings. The van der Waals surface area contributed by atoms with Crippen molar-refractivity contribution in [1.82, 2.24) is 0 Å². The Bertz CT molecular complexity index is 760. The fourth-order valence-electron chi connectivity index (χ4n) is 2.68. The lowest BCUT2D eigenvalue weighted by molar-refractivity contribution is -0.104. The second-order valence-corrected chi connectivity index (χ2v) is 6.04. The smallest absolute Gasteiger partial charge is 0.335 e. The van der Waals surface area contributed by atoms with Gasteiger partial charge in [-0.15, -0.1) is 0 Å².